The molecule has 1 N–H and O–H groups in total. The van der Waals surface area contributed by atoms with E-state index in [-0.39, 0.29) is 0 Å². The van der Waals surface area contributed by atoms with Gasteiger partial charge in [0.2, 0.25) is 10.7 Å². The fraction of sp³-hybridized carbons (Fsp3) is 0.143. The smallest absolute Gasteiger partial charge is 0.202 e. The average molecular weight is 181 g/mol. The summed E-state index contributed by atoms with van der Waals surface area (Å²) in [6.07, 6.45) is 0. The van der Waals surface area contributed by atoms with Crippen LogP contribution in [0, 0.1) is 4.77 Å². The van der Waals surface area contributed by atoms with Crippen molar-refractivity contribution in [3.8, 4) is 5.88 Å². The second-order valence-electron chi connectivity index (χ2n) is 2.29. The number of rotatable bonds is 1. The van der Waals surface area contributed by atoms with Crippen LogP contribution in [0.25, 0.3) is 5.65 Å². The molecular weight excluding hydrogens is 174 g/mol. The Balaban J connectivity index is 2.93. The Morgan fingerprint density at radius 1 is 1.58 bits per heavy atom. The standard InChI is InChI=1S/C7H7N3OS/c1-11-6-4-2-3-5-8-9-7(12)10(5)6/h2-4H,1H3,(H,9,12). The van der Waals surface area contributed by atoms with Gasteiger partial charge in [-0.3, -0.25) is 5.10 Å². The number of methoxy groups -OCH3 is 1. The van der Waals surface area contributed by atoms with E-state index in [1.54, 1.807) is 11.5 Å². The molecule has 2 rings (SSSR count). The van der Waals surface area contributed by atoms with E-state index in [0.717, 1.165) is 5.65 Å². The average Bonchev–Trinajstić information content (AvgIpc) is 2.48. The van der Waals surface area contributed by atoms with Crippen LogP contribution in [-0.4, -0.2) is 21.7 Å². The molecule has 5 heteroatoms. The lowest BCUT2D eigenvalue weighted by Gasteiger charge is -2.00. The molecule has 62 valence electrons. The third-order valence-electron chi connectivity index (χ3n) is 1.61. The van der Waals surface area contributed by atoms with Gasteiger partial charge in [-0.15, -0.1) is 0 Å². The van der Waals surface area contributed by atoms with Gasteiger partial charge in [0, 0.05) is 0 Å². The Morgan fingerprint density at radius 2 is 2.42 bits per heavy atom. The maximum absolute atomic E-state index is 5.10. The number of nitrogens with zero attached hydrogens (tertiary/aromatic N) is 2. The van der Waals surface area contributed by atoms with Gasteiger partial charge in [-0.25, -0.2) is 4.40 Å². The zero-order valence-electron chi connectivity index (χ0n) is 6.44. The summed E-state index contributed by atoms with van der Waals surface area (Å²) in [5.41, 5.74) is 0.763. The fourth-order valence-electron chi connectivity index (χ4n) is 1.08. The number of nitrogens with one attached hydrogen (secondary N) is 1. The molecule has 0 saturated heterocycles. The summed E-state index contributed by atoms with van der Waals surface area (Å²) >= 11 is 5.01. The third-order valence-corrected chi connectivity index (χ3v) is 1.89. The van der Waals surface area contributed by atoms with Gasteiger partial charge in [-0.1, -0.05) is 6.07 Å². The van der Waals surface area contributed by atoms with Crippen LogP contribution in [-0.2, 0) is 0 Å². The largest absolute Gasteiger partial charge is 0.482 e. The van der Waals surface area contributed by atoms with Crippen LogP contribution in [0.3, 0.4) is 0 Å². The molecule has 0 aliphatic carbocycles. The van der Waals surface area contributed by atoms with Gasteiger partial charge in [-0.05, 0) is 24.4 Å². The molecule has 0 fully saturated rings. The van der Waals surface area contributed by atoms with E-state index in [1.807, 2.05) is 18.2 Å². The minimum atomic E-state index is 0.544. The summed E-state index contributed by atoms with van der Waals surface area (Å²) in [6.45, 7) is 0. The molecule has 0 saturated carbocycles. The highest BCUT2D eigenvalue weighted by Crippen LogP contribution is 2.12. The molecule has 0 amide bonds. The van der Waals surface area contributed by atoms with Crippen LogP contribution in [0.5, 0.6) is 5.88 Å². The summed E-state index contributed by atoms with van der Waals surface area (Å²) in [6, 6.07) is 5.55. The summed E-state index contributed by atoms with van der Waals surface area (Å²) in [5, 5.41) is 6.68. The first kappa shape index (κ1) is 7.30. The summed E-state index contributed by atoms with van der Waals surface area (Å²) in [4.78, 5) is 0. The Hall–Kier alpha value is -1.36. The third kappa shape index (κ3) is 0.902. The number of hydrogen-bond donors (Lipinski definition) is 1. The number of ether oxygens (including phenoxy) is 1. The molecule has 0 radical (unpaired) electrons. The van der Waals surface area contributed by atoms with Gasteiger partial charge >= 0.3 is 0 Å². The normalized spacial score (nSPS) is 10.4. The first-order valence-corrected chi connectivity index (χ1v) is 3.84. The van der Waals surface area contributed by atoms with Crippen molar-refractivity contribution in [3.05, 3.63) is 23.0 Å². The monoisotopic (exact) mass is 181 g/mol. The van der Waals surface area contributed by atoms with E-state index in [9.17, 15) is 0 Å². The summed E-state index contributed by atoms with van der Waals surface area (Å²) in [7, 11) is 1.60. The fourth-order valence-corrected chi connectivity index (χ4v) is 1.31. The minimum Gasteiger partial charge on any atom is -0.482 e. The second kappa shape index (κ2) is 2.60. The van der Waals surface area contributed by atoms with Gasteiger partial charge in [0.1, 0.15) is 0 Å². The van der Waals surface area contributed by atoms with Gasteiger partial charge in [0.25, 0.3) is 0 Å². The molecule has 0 bridgehead atoms. The lowest BCUT2D eigenvalue weighted by atomic mass is 10.4. The Bertz CT molecular complexity index is 459. The topological polar surface area (TPSA) is 42.3 Å². The lowest BCUT2D eigenvalue weighted by molar-refractivity contribution is 0.391. The number of aromatic nitrogens is 3. The molecule has 4 nitrogen and oxygen atoms in total. The molecule has 2 heterocycles. The van der Waals surface area contributed by atoms with E-state index in [4.69, 9.17) is 17.0 Å². The summed E-state index contributed by atoms with van der Waals surface area (Å²) in [5.74, 6) is 0.686. The molecule has 0 aliphatic rings. The van der Waals surface area contributed by atoms with E-state index >= 15 is 0 Å². The molecule has 0 spiro atoms. The van der Waals surface area contributed by atoms with Crippen molar-refractivity contribution in [2.75, 3.05) is 7.11 Å². The van der Waals surface area contributed by atoms with Crippen molar-refractivity contribution < 1.29 is 4.74 Å². The molecule has 0 aliphatic heterocycles. The number of fused-ring (bicyclic) bond motifs is 1. The first-order valence-electron chi connectivity index (χ1n) is 3.43. The quantitative estimate of drug-likeness (QED) is 0.676. The van der Waals surface area contributed by atoms with Crippen molar-refractivity contribution >= 4 is 17.9 Å². The van der Waals surface area contributed by atoms with E-state index in [1.165, 1.54) is 0 Å². The van der Waals surface area contributed by atoms with Crippen LogP contribution in [0.2, 0.25) is 0 Å². The first-order chi connectivity index (χ1) is 5.83. The van der Waals surface area contributed by atoms with Crippen LogP contribution < -0.4 is 4.74 Å². The number of H-pyrrole nitrogens is 1. The lowest BCUT2D eigenvalue weighted by Crippen LogP contribution is -1.92. The van der Waals surface area contributed by atoms with E-state index < -0.39 is 0 Å². The van der Waals surface area contributed by atoms with Crippen LogP contribution >= 0.6 is 12.2 Å². The van der Waals surface area contributed by atoms with Crippen molar-refractivity contribution in [1.29, 1.82) is 0 Å². The minimum absolute atomic E-state index is 0.544. The second-order valence-corrected chi connectivity index (χ2v) is 2.68. The predicted molar refractivity (Wildman–Crippen MR) is 46.9 cm³/mol. The van der Waals surface area contributed by atoms with Crippen LogP contribution in [0.1, 0.15) is 0 Å². The SMILES string of the molecule is COc1cccc2n[nH]c(=S)n12. The van der Waals surface area contributed by atoms with Gasteiger partial charge in [-0.2, -0.15) is 5.10 Å². The van der Waals surface area contributed by atoms with Crippen molar-refractivity contribution in [2.24, 2.45) is 0 Å². The highest BCUT2D eigenvalue weighted by atomic mass is 32.1. The predicted octanol–water partition coefficient (Wildman–Crippen LogP) is 1.40. The van der Waals surface area contributed by atoms with E-state index in [2.05, 4.69) is 10.2 Å². The zero-order valence-corrected chi connectivity index (χ0v) is 7.26. The Morgan fingerprint density at radius 3 is 3.17 bits per heavy atom. The van der Waals surface area contributed by atoms with Crippen molar-refractivity contribution in [1.82, 2.24) is 14.6 Å². The van der Waals surface area contributed by atoms with Gasteiger partial charge in [0.15, 0.2) is 5.65 Å². The van der Waals surface area contributed by atoms with Crippen LogP contribution in [0.15, 0.2) is 18.2 Å². The van der Waals surface area contributed by atoms with E-state index in [0.29, 0.717) is 10.7 Å². The molecule has 2 aromatic rings. The van der Waals surface area contributed by atoms with Crippen LogP contribution in [0.4, 0.5) is 0 Å². The van der Waals surface area contributed by atoms with Gasteiger partial charge < -0.3 is 4.74 Å². The molecule has 0 unspecified atom stereocenters. The van der Waals surface area contributed by atoms with Crippen molar-refractivity contribution in [3.63, 3.8) is 0 Å². The molecule has 2 aromatic heterocycles. The summed E-state index contributed by atoms with van der Waals surface area (Å²) < 4.78 is 7.38. The molecule has 0 atom stereocenters. The maximum atomic E-state index is 5.10. The number of hydrogen-bond acceptors (Lipinski definition) is 3. The maximum Gasteiger partial charge on any atom is 0.202 e. The Kier molecular flexibility index (Phi) is 1.58. The zero-order chi connectivity index (χ0) is 8.55. The Labute approximate surface area is 73.8 Å². The highest BCUT2D eigenvalue weighted by Gasteiger charge is 2.00. The number of pyridine rings is 1. The van der Waals surface area contributed by atoms with Crippen molar-refractivity contribution in [2.45, 2.75) is 0 Å². The van der Waals surface area contributed by atoms with Gasteiger partial charge in [0.05, 0.1) is 7.11 Å². The molecule has 0 aromatic carbocycles. The number of aromatic amines is 1. The molecular formula is C7H7N3OS. The molecule has 12 heavy (non-hydrogen) atoms. The highest BCUT2D eigenvalue weighted by molar-refractivity contribution is 7.71.